The summed E-state index contributed by atoms with van der Waals surface area (Å²) in [7, 11) is 0. The molecule has 3 unspecified atom stereocenters. The van der Waals surface area contributed by atoms with Crippen LogP contribution in [0.1, 0.15) is 83.7 Å². The first-order valence-electron chi connectivity index (χ1n) is 14.4. The monoisotopic (exact) mass is 586 g/mol. The molecular weight excluding hydrogens is 544 g/mol. The number of hydrogen-bond acceptors (Lipinski definition) is 6. The van der Waals surface area contributed by atoms with Gasteiger partial charge in [0.15, 0.2) is 5.78 Å². The number of Topliss-reactive ketones (excluding diaryl/α,β-unsaturated/α-hetero) is 1. The lowest BCUT2D eigenvalue weighted by Crippen LogP contribution is -2.56. The van der Waals surface area contributed by atoms with Crippen LogP contribution in [-0.2, 0) is 35.2 Å². The van der Waals surface area contributed by atoms with Crippen molar-refractivity contribution in [1.82, 2.24) is 20.9 Å². The van der Waals surface area contributed by atoms with Gasteiger partial charge in [-0.3, -0.25) is 28.8 Å². The second-order valence-corrected chi connectivity index (χ2v) is 10.5. The predicted octanol–water partition coefficient (Wildman–Crippen LogP) is 2.84. The van der Waals surface area contributed by atoms with E-state index in [9.17, 15) is 33.9 Å². The lowest BCUT2D eigenvalue weighted by atomic mass is 10.1. The van der Waals surface area contributed by atoms with Gasteiger partial charge >= 0.3 is 11.9 Å². The van der Waals surface area contributed by atoms with Crippen LogP contribution in [0, 0.1) is 0 Å². The van der Waals surface area contributed by atoms with E-state index in [1.807, 2.05) is 30.3 Å². The van der Waals surface area contributed by atoms with Crippen molar-refractivity contribution in [3.63, 3.8) is 0 Å². The zero-order chi connectivity index (χ0) is 31.1. The Bertz CT molecular complexity index is 1210. The maximum Gasteiger partial charge on any atom is 0.305 e. The van der Waals surface area contributed by atoms with Gasteiger partial charge in [-0.2, -0.15) is 0 Å². The largest absolute Gasteiger partial charge is 0.481 e. The van der Waals surface area contributed by atoms with Crippen LogP contribution in [0.3, 0.4) is 0 Å². The average Bonchev–Trinajstić information content (AvgIpc) is 3.33. The molecule has 2 aromatic rings. The summed E-state index contributed by atoms with van der Waals surface area (Å²) in [6.45, 7) is 3.24. The summed E-state index contributed by atoms with van der Waals surface area (Å²) < 4.78 is 0. The average molecular weight is 587 g/mol. The SMILES string of the molecule is CCCCCCCCCC(=O)NC(Cc1cc2ccccc2[nH]1)C(=O)NC(CC(=O)O)C(=O)NC(CC(=O)O)C(C)=O. The Morgan fingerprint density at radius 2 is 1.33 bits per heavy atom. The number of hydrogen-bond donors (Lipinski definition) is 6. The van der Waals surface area contributed by atoms with Crippen molar-refractivity contribution < 1.29 is 39.0 Å². The standard InChI is InChI=1S/C30H42N4O8/c1-3-4-5-6-7-8-9-14-26(36)32-24(16-21-15-20-12-10-11-13-22(20)31-21)29(41)34-25(18-28(39)40)30(42)33-23(19(2)35)17-27(37)38/h10-13,15,23-25,31H,3-9,14,16-18H2,1-2H3,(H,32,36)(H,33,42)(H,34,41)(H,37,38)(H,39,40). The summed E-state index contributed by atoms with van der Waals surface area (Å²) in [5, 5.41) is 26.6. The van der Waals surface area contributed by atoms with Gasteiger partial charge in [0.2, 0.25) is 17.7 Å². The number of unbranched alkanes of at least 4 members (excludes halogenated alkanes) is 6. The third-order valence-corrected chi connectivity index (χ3v) is 6.87. The van der Waals surface area contributed by atoms with Crippen molar-refractivity contribution in [3.8, 4) is 0 Å². The molecule has 0 saturated heterocycles. The normalized spacial score (nSPS) is 13.1. The van der Waals surface area contributed by atoms with Crippen LogP contribution >= 0.6 is 0 Å². The fraction of sp³-hybridized carbons (Fsp3) is 0.533. The van der Waals surface area contributed by atoms with Crippen LogP contribution in [0.2, 0.25) is 0 Å². The molecule has 42 heavy (non-hydrogen) atoms. The van der Waals surface area contributed by atoms with Gasteiger partial charge in [-0.05, 0) is 30.9 Å². The molecule has 12 heteroatoms. The number of carboxylic acid groups (broad SMARTS) is 2. The first kappa shape index (κ1) is 34.0. The van der Waals surface area contributed by atoms with E-state index in [2.05, 4.69) is 27.9 Å². The van der Waals surface area contributed by atoms with Crippen molar-refractivity contribution in [1.29, 1.82) is 0 Å². The van der Waals surface area contributed by atoms with E-state index in [1.165, 1.54) is 6.42 Å². The first-order valence-corrected chi connectivity index (χ1v) is 14.4. The zero-order valence-electron chi connectivity index (χ0n) is 24.2. The van der Waals surface area contributed by atoms with E-state index >= 15 is 0 Å². The summed E-state index contributed by atoms with van der Waals surface area (Å²) in [5.41, 5.74) is 1.47. The Morgan fingerprint density at radius 1 is 0.762 bits per heavy atom. The molecule has 2 rings (SSSR count). The molecule has 0 aliphatic carbocycles. The molecule has 6 N–H and O–H groups in total. The third kappa shape index (κ3) is 12.1. The summed E-state index contributed by atoms with van der Waals surface area (Å²) >= 11 is 0. The molecule has 0 aliphatic rings. The second kappa shape index (κ2) is 17.6. The number of carboxylic acids is 2. The number of para-hydroxylation sites is 1. The lowest BCUT2D eigenvalue weighted by Gasteiger charge is -2.23. The highest BCUT2D eigenvalue weighted by atomic mass is 16.4. The van der Waals surface area contributed by atoms with E-state index in [0.717, 1.165) is 49.9 Å². The summed E-state index contributed by atoms with van der Waals surface area (Å²) in [5.74, 6) is -5.54. The predicted molar refractivity (Wildman–Crippen MR) is 156 cm³/mol. The molecule has 1 aromatic heterocycles. The van der Waals surface area contributed by atoms with Crippen LogP contribution in [0.25, 0.3) is 10.9 Å². The molecule has 3 atom stereocenters. The highest BCUT2D eigenvalue weighted by Gasteiger charge is 2.31. The fourth-order valence-corrected chi connectivity index (χ4v) is 4.58. The van der Waals surface area contributed by atoms with Crippen LogP contribution in [0.4, 0.5) is 0 Å². The highest BCUT2D eigenvalue weighted by molar-refractivity contribution is 5.96. The van der Waals surface area contributed by atoms with Crippen LogP contribution in [0.15, 0.2) is 30.3 Å². The molecule has 1 heterocycles. The van der Waals surface area contributed by atoms with Crippen LogP contribution in [-0.4, -0.2) is 68.8 Å². The van der Waals surface area contributed by atoms with Crippen molar-refractivity contribution in [3.05, 3.63) is 36.0 Å². The Kier molecular flexibility index (Phi) is 14.2. The van der Waals surface area contributed by atoms with Gasteiger partial charge in [0.1, 0.15) is 12.1 Å². The molecule has 1 aromatic carbocycles. The molecular formula is C30H42N4O8. The molecule has 0 spiro atoms. The number of rotatable bonds is 20. The number of benzene rings is 1. The van der Waals surface area contributed by atoms with Crippen molar-refractivity contribution in [2.24, 2.45) is 0 Å². The third-order valence-electron chi connectivity index (χ3n) is 6.87. The van der Waals surface area contributed by atoms with Gasteiger partial charge in [-0.25, -0.2) is 0 Å². The number of H-pyrrole nitrogens is 1. The van der Waals surface area contributed by atoms with Crippen molar-refractivity contribution in [2.75, 3.05) is 0 Å². The number of nitrogens with one attached hydrogen (secondary N) is 4. The molecule has 3 amide bonds. The summed E-state index contributed by atoms with van der Waals surface area (Å²) in [6.07, 6.45) is 5.86. The Labute approximate surface area is 245 Å². The Morgan fingerprint density at radius 3 is 1.95 bits per heavy atom. The minimum atomic E-state index is -1.61. The van der Waals surface area contributed by atoms with Gasteiger partial charge in [0.05, 0.1) is 18.9 Å². The molecule has 0 fully saturated rings. The molecule has 0 radical (unpaired) electrons. The van der Waals surface area contributed by atoms with Gasteiger partial charge in [0, 0.05) is 24.1 Å². The van der Waals surface area contributed by atoms with E-state index < -0.39 is 60.5 Å². The van der Waals surface area contributed by atoms with E-state index in [-0.39, 0.29) is 18.7 Å². The van der Waals surface area contributed by atoms with Crippen molar-refractivity contribution in [2.45, 2.75) is 103 Å². The summed E-state index contributed by atoms with van der Waals surface area (Å²) in [4.78, 5) is 76.7. The topological polar surface area (TPSA) is 195 Å². The lowest BCUT2D eigenvalue weighted by molar-refractivity contribution is -0.143. The van der Waals surface area contributed by atoms with Gasteiger partial charge < -0.3 is 31.1 Å². The molecule has 230 valence electrons. The van der Waals surface area contributed by atoms with E-state index in [4.69, 9.17) is 5.11 Å². The maximum atomic E-state index is 13.4. The minimum Gasteiger partial charge on any atom is -0.481 e. The second-order valence-electron chi connectivity index (χ2n) is 10.5. The number of carbonyl (C=O) groups excluding carboxylic acids is 4. The Balaban J connectivity index is 2.16. The van der Waals surface area contributed by atoms with Crippen molar-refractivity contribution >= 4 is 46.3 Å². The molecule has 0 bridgehead atoms. The van der Waals surface area contributed by atoms with Crippen LogP contribution < -0.4 is 16.0 Å². The van der Waals surface area contributed by atoms with Gasteiger partial charge in [0.25, 0.3) is 0 Å². The van der Waals surface area contributed by atoms with E-state index in [0.29, 0.717) is 12.1 Å². The number of amides is 3. The highest BCUT2D eigenvalue weighted by Crippen LogP contribution is 2.16. The number of carbonyl (C=O) groups is 6. The number of ketones is 1. The smallest absolute Gasteiger partial charge is 0.305 e. The first-order chi connectivity index (χ1) is 20.0. The van der Waals surface area contributed by atoms with Gasteiger partial charge in [-0.15, -0.1) is 0 Å². The summed E-state index contributed by atoms with van der Waals surface area (Å²) in [6, 6.07) is 5.15. The number of aromatic amines is 1. The van der Waals surface area contributed by atoms with Gasteiger partial charge in [-0.1, -0.05) is 63.6 Å². The Hall–Kier alpha value is -4.22. The molecule has 0 aliphatic heterocycles. The number of aliphatic carboxylic acids is 2. The molecule has 12 nitrogen and oxygen atoms in total. The zero-order valence-corrected chi connectivity index (χ0v) is 24.2. The maximum absolute atomic E-state index is 13.4. The quantitative estimate of drug-likeness (QED) is 0.127. The fourth-order valence-electron chi connectivity index (χ4n) is 4.58. The number of fused-ring (bicyclic) bond motifs is 1. The van der Waals surface area contributed by atoms with Crippen LogP contribution in [0.5, 0.6) is 0 Å². The number of aromatic nitrogens is 1. The molecule has 0 saturated carbocycles. The minimum absolute atomic E-state index is 0.0414. The van der Waals surface area contributed by atoms with E-state index in [1.54, 1.807) is 0 Å².